The van der Waals surface area contributed by atoms with Gasteiger partial charge in [-0.1, -0.05) is 0 Å². The summed E-state index contributed by atoms with van der Waals surface area (Å²) in [6, 6.07) is 0. The third-order valence-electron chi connectivity index (χ3n) is 0.617. The fourth-order valence-corrected chi connectivity index (χ4v) is 0.934. The molecule has 2 nitrogen and oxygen atoms in total. The third kappa shape index (κ3) is 0.899. The van der Waals surface area contributed by atoms with E-state index < -0.39 is 9.52 Å². The van der Waals surface area contributed by atoms with Gasteiger partial charge in [0.05, 0.1) is 5.55 Å². The molecule has 0 aliphatic carbocycles. The fraction of sp³-hybridized carbons (Fsp3) is 0. The van der Waals surface area contributed by atoms with Crippen molar-refractivity contribution in [3.8, 4) is 0 Å². The van der Waals surface area contributed by atoms with Crippen LogP contribution < -0.4 is 0 Å². The molecule has 0 spiro atoms. The smallest absolute Gasteiger partial charge is 0.0865 e. The molecule has 0 bridgehead atoms. The SMILES string of the molecule is C=S1(=O)C=CN=C1. The van der Waals surface area contributed by atoms with Crippen LogP contribution in [0.3, 0.4) is 0 Å². The van der Waals surface area contributed by atoms with Crippen molar-refractivity contribution in [3.63, 3.8) is 0 Å². The summed E-state index contributed by atoms with van der Waals surface area (Å²) in [7, 11) is -2.02. The zero-order valence-corrected chi connectivity index (χ0v) is 4.52. The van der Waals surface area contributed by atoms with Crippen LogP contribution in [0.4, 0.5) is 0 Å². The largest absolute Gasteiger partial charge is 0.258 e. The minimum Gasteiger partial charge on any atom is -0.258 e. The summed E-state index contributed by atoms with van der Waals surface area (Å²) in [5.41, 5.74) is 1.35. The van der Waals surface area contributed by atoms with Gasteiger partial charge in [0, 0.05) is 21.1 Å². The van der Waals surface area contributed by atoms with E-state index in [4.69, 9.17) is 0 Å². The topological polar surface area (TPSA) is 29.4 Å². The molecule has 0 aromatic rings. The minimum absolute atomic E-state index is 1.35. The summed E-state index contributed by atoms with van der Waals surface area (Å²) in [4.78, 5) is 3.59. The first-order valence-electron chi connectivity index (χ1n) is 1.78. The molecule has 0 radical (unpaired) electrons. The lowest BCUT2D eigenvalue weighted by Crippen LogP contribution is -1.88. The maximum atomic E-state index is 10.6. The van der Waals surface area contributed by atoms with E-state index in [-0.39, 0.29) is 0 Å². The second-order valence-electron chi connectivity index (χ2n) is 1.32. The number of nitrogens with zero attached hydrogens (tertiary/aromatic N) is 1. The van der Waals surface area contributed by atoms with Crippen LogP contribution >= 0.6 is 0 Å². The van der Waals surface area contributed by atoms with Gasteiger partial charge in [0.2, 0.25) is 0 Å². The molecule has 1 rings (SSSR count). The van der Waals surface area contributed by atoms with Crippen molar-refractivity contribution < 1.29 is 4.21 Å². The number of rotatable bonds is 0. The summed E-state index contributed by atoms with van der Waals surface area (Å²) >= 11 is 0. The summed E-state index contributed by atoms with van der Waals surface area (Å²) in [5, 5.41) is 1.49. The Kier molecular flexibility index (Phi) is 0.785. The van der Waals surface area contributed by atoms with Crippen molar-refractivity contribution in [2.45, 2.75) is 0 Å². The first kappa shape index (κ1) is 4.59. The van der Waals surface area contributed by atoms with Crippen molar-refractivity contribution in [1.29, 1.82) is 0 Å². The average Bonchev–Trinajstić information content (AvgIpc) is 1.84. The Balaban J connectivity index is 3.25. The molecule has 3 heteroatoms. The molecule has 0 aromatic carbocycles. The molecule has 0 aromatic heterocycles. The van der Waals surface area contributed by atoms with Crippen molar-refractivity contribution in [2.24, 2.45) is 4.99 Å². The predicted octanol–water partition coefficient (Wildman–Crippen LogP) is 0.216. The zero-order valence-electron chi connectivity index (χ0n) is 3.70. The van der Waals surface area contributed by atoms with Gasteiger partial charge in [-0.25, -0.2) is 0 Å². The summed E-state index contributed by atoms with van der Waals surface area (Å²) in [5.74, 6) is 3.36. The van der Waals surface area contributed by atoms with Crippen LogP contribution in [0.15, 0.2) is 16.6 Å². The van der Waals surface area contributed by atoms with E-state index in [9.17, 15) is 4.21 Å². The first-order valence-corrected chi connectivity index (χ1v) is 3.63. The number of aliphatic imine (C=N–C) groups is 1. The molecule has 0 N–H and O–H groups in total. The molecule has 1 atom stereocenters. The second-order valence-corrected chi connectivity index (χ2v) is 3.36. The summed E-state index contributed by atoms with van der Waals surface area (Å²) in [6.07, 6.45) is 1.50. The van der Waals surface area contributed by atoms with Gasteiger partial charge in [-0.3, -0.25) is 9.20 Å². The Morgan fingerprint density at radius 1 is 1.71 bits per heavy atom. The van der Waals surface area contributed by atoms with E-state index in [0.717, 1.165) is 0 Å². The van der Waals surface area contributed by atoms with Crippen LogP contribution in [0.5, 0.6) is 0 Å². The fourth-order valence-electron chi connectivity index (χ4n) is 0.311. The highest BCUT2D eigenvalue weighted by atomic mass is 32.2. The van der Waals surface area contributed by atoms with Crippen LogP contribution in [0.25, 0.3) is 0 Å². The summed E-state index contributed by atoms with van der Waals surface area (Å²) in [6.45, 7) is 0. The highest BCUT2D eigenvalue weighted by Gasteiger charge is 1.94. The van der Waals surface area contributed by atoms with Gasteiger partial charge in [0.1, 0.15) is 0 Å². The number of hydrogen-bond donors (Lipinski definition) is 0. The Labute approximate surface area is 42.6 Å². The lowest BCUT2D eigenvalue weighted by molar-refractivity contribution is 0.693. The van der Waals surface area contributed by atoms with Crippen molar-refractivity contribution in [2.75, 3.05) is 0 Å². The first-order chi connectivity index (χ1) is 3.21. The van der Waals surface area contributed by atoms with Gasteiger partial charge in [-0.2, -0.15) is 0 Å². The standard InChI is InChI=1S/C4H5NOS/c1-7(6)3-2-5-4-7/h2-4H,1H2. The molecular formula is C4H5NOS. The quantitative estimate of drug-likeness (QED) is 0.415. The van der Waals surface area contributed by atoms with E-state index >= 15 is 0 Å². The van der Waals surface area contributed by atoms with Crippen LogP contribution in [-0.2, 0) is 9.52 Å². The van der Waals surface area contributed by atoms with Gasteiger partial charge >= 0.3 is 0 Å². The maximum Gasteiger partial charge on any atom is 0.0865 e. The van der Waals surface area contributed by atoms with Crippen LogP contribution in [0.2, 0.25) is 0 Å². The lowest BCUT2D eigenvalue weighted by Gasteiger charge is -1.79. The van der Waals surface area contributed by atoms with Gasteiger partial charge in [-0.15, -0.1) is 0 Å². The number of hydrogen-bond acceptors (Lipinski definition) is 2. The minimum atomic E-state index is -2.02. The molecule has 38 valence electrons. The molecule has 1 unspecified atom stereocenters. The Morgan fingerprint density at radius 3 is 2.57 bits per heavy atom. The highest BCUT2D eigenvalue weighted by Crippen LogP contribution is 1.95. The van der Waals surface area contributed by atoms with E-state index in [1.807, 2.05) is 0 Å². The monoisotopic (exact) mass is 115 g/mol. The molecule has 0 amide bonds. The van der Waals surface area contributed by atoms with E-state index in [2.05, 4.69) is 10.9 Å². The predicted molar refractivity (Wildman–Crippen MR) is 32.9 cm³/mol. The van der Waals surface area contributed by atoms with Gasteiger partial charge in [0.25, 0.3) is 0 Å². The normalized spacial score (nSPS) is 37.1. The van der Waals surface area contributed by atoms with Gasteiger partial charge in [0.15, 0.2) is 0 Å². The molecule has 1 aliphatic heterocycles. The van der Waals surface area contributed by atoms with Crippen molar-refractivity contribution in [3.05, 3.63) is 11.6 Å². The van der Waals surface area contributed by atoms with Crippen molar-refractivity contribution >= 4 is 20.9 Å². The van der Waals surface area contributed by atoms with Gasteiger partial charge in [-0.05, 0) is 5.87 Å². The van der Waals surface area contributed by atoms with E-state index in [1.165, 1.54) is 17.2 Å². The second kappa shape index (κ2) is 1.20. The molecule has 1 heterocycles. The molecule has 7 heavy (non-hydrogen) atoms. The van der Waals surface area contributed by atoms with Gasteiger partial charge < -0.3 is 0 Å². The van der Waals surface area contributed by atoms with Crippen LogP contribution in [0.1, 0.15) is 0 Å². The molecule has 0 saturated carbocycles. The Bertz CT molecular complexity index is 192. The molecule has 0 fully saturated rings. The highest BCUT2D eigenvalue weighted by molar-refractivity contribution is 8.15. The van der Waals surface area contributed by atoms with E-state index in [1.54, 1.807) is 0 Å². The Morgan fingerprint density at radius 2 is 2.43 bits per heavy atom. The van der Waals surface area contributed by atoms with Crippen molar-refractivity contribution in [1.82, 2.24) is 0 Å². The lowest BCUT2D eigenvalue weighted by atomic mass is 11.1. The third-order valence-corrected chi connectivity index (χ3v) is 1.68. The zero-order chi connectivity index (χ0) is 5.33. The maximum absolute atomic E-state index is 10.6. The van der Waals surface area contributed by atoms with Crippen LogP contribution in [0, 0.1) is 0 Å². The molecule has 0 saturated heterocycles. The summed E-state index contributed by atoms with van der Waals surface area (Å²) < 4.78 is 10.6. The van der Waals surface area contributed by atoms with E-state index in [0.29, 0.717) is 0 Å². The molecule has 1 aliphatic rings. The Hall–Kier alpha value is -0.570. The van der Waals surface area contributed by atoms with Crippen LogP contribution in [-0.4, -0.2) is 15.6 Å². The average molecular weight is 115 g/mol. The molecular weight excluding hydrogens is 110 g/mol.